The normalized spacial score (nSPS) is 11.6. The zero-order chi connectivity index (χ0) is 13.9. The summed E-state index contributed by atoms with van der Waals surface area (Å²) >= 11 is 0. The van der Waals surface area contributed by atoms with Gasteiger partial charge in [-0.1, -0.05) is 0 Å². The van der Waals surface area contributed by atoms with Crippen LogP contribution in [0.4, 0.5) is 14.5 Å². The molecule has 6 nitrogen and oxygen atoms in total. The zero-order valence-corrected chi connectivity index (χ0v) is 10.2. The molecule has 0 fully saturated rings. The highest BCUT2D eigenvalue weighted by Crippen LogP contribution is 2.17. The maximum Gasteiger partial charge on any atom is 0.287 e. The van der Waals surface area contributed by atoms with Gasteiger partial charge in [-0.05, 0) is 13.8 Å². The maximum absolute atomic E-state index is 12.8. The number of nitrogens with two attached hydrogens (primary N) is 1. The van der Waals surface area contributed by atoms with Gasteiger partial charge in [0.25, 0.3) is 11.8 Å². The predicted octanol–water partition coefficient (Wildman–Crippen LogP) is 0.151. The van der Waals surface area contributed by atoms with Crippen LogP contribution in [-0.2, 0) is 6.54 Å². The second kappa shape index (κ2) is 5.30. The number of hydrogen-bond acceptors (Lipinski definition) is 4. The number of nitrogens with one attached hydrogen (secondary N) is 1. The second-order valence-corrected chi connectivity index (χ2v) is 3.86. The summed E-state index contributed by atoms with van der Waals surface area (Å²) in [4.78, 5) is 11.8. The molecule has 18 heavy (non-hydrogen) atoms. The van der Waals surface area contributed by atoms with Gasteiger partial charge in [-0.3, -0.25) is 9.48 Å². The van der Waals surface area contributed by atoms with Crippen molar-refractivity contribution in [1.29, 1.82) is 0 Å². The van der Waals surface area contributed by atoms with E-state index in [1.54, 1.807) is 13.8 Å². The summed E-state index contributed by atoms with van der Waals surface area (Å²) in [5.74, 6) is -4.08. The molecular formula is C10H16F2N4O2. The van der Waals surface area contributed by atoms with Crippen molar-refractivity contribution < 1.29 is 18.7 Å². The molecule has 0 aromatic carbocycles. The number of carbonyl (C=O) groups is 1. The smallest absolute Gasteiger partial charge is 0.287 e. The second-order valence-electron chi connectivity index (χ2n) is 3.86. The van der Waals surface area contributed by atoms with Gasteiger partial charge in [-0.2, -0.15) is 5.10 Å². The Bertz CT molecular complexity index is 445. The van der Waals surface area contributed by atoms with Crippen LogP contribution >= 0.6 is 0 Å². The molecule has 0 radical (unpaired) electrons. The number of aromatic nitrogens is 2. The average molecular weight is 262 g/mol. The van der Waals surface area contributed by atoms with Crippen molar-refractivity contribution in [3.63, 3.8) is 0 Å². The van der Waals surface area contributed by atoms with E-state index in [2.05, 4.69) is 5.10 Å². The van der Waals surface area contributed by atoms with Gasteiger partial charge in [0.2, 0.25) is 0 Å². The van der Waals surface area contributed by atoms with Crippen LogP contribution in [0.3, 0.4) is 0 Å². The molecule has 0 saturated heterocycles. The Hall–Kier alpha value is -1.70. The third-order valence-corrected chi connectivity index (χ3v) is 2.43. The van der Waals surface area contributed by atoms with Crippen LogP contribution in [0.5, 0.6) is 0 Å². The molecule has 0 aliphatic rings. The lowest BCUT2D eigenvalue weighted by Crippen LogP contribution is -2.39. The lowest BCUT2D eigenvalue weighted by Gasteiger charge is -2.14. The van der Waals surface area contributed by atoms with Crippen molar-refractivity contribution in [3.05, 3.63) is 11.4 Å². The fourth-order valence-corrected chi connectivity index (χ4v) is 1.41. The van der Waals surface area contributed by atoms with Crippen molar-refractivity contribution in [2.24, 2.45) is 0 Å². The molecule has 1 rings (SSSR count). The number of rotatable bonds is 5. The van der Waals surface area contributed by atoms with Gasteiger partial charge < -0.3 is 16.2 Å². The molecule has 8 heteroatoms. The number of carbonyl (C=O) groups excluding carboxylic acids is 1. The largest absolute Gasteiger partial charge is 0.395 e. The highest BCUT2D eigenvalue weighted by Gasteiger charge is 2.29. The molecule has 0 aliphatic heterocycles. The third kappa shape index (κ3) is 2.95. The standard InChI is InChI=1S/C10H16F2N4O2/c1-3-16-8(7(13)6(2)15-16)9(18)14-4-10(11,12)5-17/h17H,3-5,13H2,1-2H3,(H,14,18). The van der Waals surface area contributed by atoms with Crippen LogP contribution in [0.2, 0.25) is 0 Å². The van der Waals surface area contributed by atoms with Crippen molar-refractivity contribution in [1.82, 2.24) is 15.1 Å². The molecule has 102 valence electrons. The lowest BCUT2D eigenvalue weighted by molar-refractivity contribution is -0.0462. The first kappa shape index (κ1) is 14.4. The van der Waals surface area contributed by atoms with Gasteiger partial charge >= 0.3 is 0 Å². The number of nitrogens with zero attached hydrogens (tertiary/aromatic N) is 2. The number of anilines is 1. The van der Waals surface area contributed by atoms with Crippen molar-refractivity contribution in [2.75, 3.05) is 18.9 Å². The molecule has 0 spiro atoms. The summed E-state index contributed by atoms with van der Waals surface area (Å²) in [5.41, 5.74) is 6.37. The van der Waals surface area contributed by atoms with Gasteiger partial charge in [0.05, 0.1) is 17.9 Å². The van der Waals surface area contributed by atoms with Crippen LogP contribution in [-0.4, -0.2) is 39.9 Å². The van der Waals surface area contributed by atoms with Crippen molar-refractivity contribution in [2.45, 2.75) is 26.3 Å². The monoisotopic (exact) mass is 262 g/mol. The minimum Gasteiger partial charge on any atom is -0.395 e. The highest BCUT2D eigenvalue weighted by molar-refractivity contribution is 5.98. The molecule has 0 unspecified atom stereocenters. The third-order valence-electron chi connectivity index (χ3n) is 2.43. The van der Waals surface area contributed by atoms with E-state index in [-0.39, 0.29) is 11.4 Å². The van der Waals surface area contributed by atoms with Gasteiger partial charge in [-0.25, -0.2) is 8.78 Å². The van der Waals surface area contributed by atoms with Gasteiger partial charge in [0.1, 0.15) is 12.3 Å². The zero-order valence-electron chi connectivity index (χ0n) is 10.2. The summed E-state index contributed by atoms with van der Waals surface area (Å²) in [6, 6.07) is 0. The number of amides is 1. The molecule has 1 heterocycles. The molecule has 1 aromatic heterocycles. The predicted molar refractivity (Wildman–Crippen MR) is 61.4 cm³/mol. The fourth-order valence-electron chi connectivity index (χ4n) is 1.41. The van der Waals surface area contributed by atoms with Crippen LogP contribution < -0.4 is 11.1 Å². The Kier molecular flexibility index (Phi) is 4.23. The van der Waals surface area contributed by atoms with Crippen molar-refractivity contribution >= 4 is 11.6 Å². The van der Waals surface area contributed by atoms with E-state index in [4.69, 9.17) is 10.8 Å². The SMILES string of the molecule is CCn1nc(C)c(N)c1C(=O)NCC(F)(F)CO. The first-order valence-corrected chi connectivity index (χ1v) is 5.42. The first-order valence-electron chi connectivity index (χ1n) is 5.42. The molecule has 0 bridgehead atoms. The van der Waals surface area contributed by atoms with Gasteiger partial charge in [0, 0.05) is 6.54 Å². The lowest BCUT2D eigenvalue weighted by atomic mass is 10.2. The van der Waals surface area contributed by atoms with E-state index in [0.717, 1.165) is 0 Å². The summed E-state index contributed by atoms with van der Waals surface area (Å²) < 4.78 is 26.9. The summed E-state index contributed by atoms with van der Waals surface area (Å²) in [5, 5.41) is 14.4. The Morgan fingerprint density at radius 3 is 2.72 bits per heavy atom. The summed E-state index contributed by atoms with van der Waals surface area (Å²) in [7, 11) is 0. The van der Waals surface area contributed by atoms with E-state index in [1.807, 2.05) is 5.32 Å². The Labute approximate surface area is 103 Å². The van der Waals surface area contributed by atoms with E-state index < -0.39 is 25.0 Å². The van der Waals surface area contributed by atoms with E-state index >= 15 is 0 Å². The van der Waals surface area contributed by atoms with Crippen molar-refractivity contribution in [3.8, 4) is 0 Å². The molecular weight excluding hydrogens is 246 g/mol. The molecule has 0 atom stereocenters. The van der Waals surface area contributed by atoms with Gasteiger partial charge in [-0.15, -0.1) is 0 Å². The van der Waals surface area contributed by atoms with Crippen LogP contribution in [0.15, 0.2) is 0 Å². The number of halogens is 2. The summed E-state index contributed by atoms with van der Waals surface area (Å²) in [6.45, 7) is 1.51. The summed E-state index contributed by atoms with van der Waals surface area (Å²) in [6.07, 6.45) is 0. The van der Waals surface area contributed by atoms with E-state index in [9.17, 15) is 13.6 Å². The quantitative estimate of drug-likeness (QED) is 0.704. The van der Waals surface area contributed by atoms with Gasteiger partial charge in [0.15, 0.2) is 0 Å². The number of aliphatic hydroxyl groups is 1. The number of nitrogen functional groups attached to an aromatic ring is 1. The maximum atomic E-state index is 12.8. The molecule has 1 amide bonds. The number of aryl methyl sites for hydroxylation is 2. The fraction of sp³-hybridized carbons (Fsp3) is 0.600. The van der Waals surface area contributed by atoms with Crippen LogP contribution in [0.1, 0.15) is 23.1 Å². The molecule has 0 saturated carbocycles. The first-order chi connectivity index (χ1) is 8.32. The number of alkyl halides is 2. The molecule has 4 N–H and O–H groups in total. The van der Waals surface area contributed by atoms with E-state index in [1.165, 1.54) is 4.68 Å². The minimum atomic E-state index is -3.35. The van der Waals surface area contributed by atoms with E-state index in [0.29, 0.717) is 12.2 Å². The molecule has 1 aromatic rings. The molecule has 0 aliphatic carbocycles. The number of hydrogen-bond donors (Lipinski definition) is 3. The number of aliphatic hydroxyl groups excluding tert-OH is 1. The van der Waals surface area contributed by atoms with Crippen LogP contribution in [0.25, 0.3) is 0 Å². The topological polar surface area (TPSA) is 93.2 Å². The Morgan fingerprint density at radius 2 is 2.22 bits per heavy atom. The minimum absolute atomic E-state index is 0.0590. The highest BCUT2D eigenvalue weighted by atomic mass is 19.3. The van der Waals surface area contributed by atoms with Crippen LogP contribution in [0, 0.1) is 6.92 Å². The Balaban J connectivity index is 2.85. The average Bonchev–Trinajstić information content (AvgIpc) is 2.62. The Morgan fingerprint density at radius 1 is 1.61 bits per heavy atom.